The molecule has 1 nitrogen and oxygen atoms in total. The van der Waals surface area contributed by atoms with Crippen LogP contribution in [-0.2, 0) is 6.42 Å². The van der Waals surface area contributed by atoms with Gasteiger partial charge in [-0.25, -0.2) is 4.39 Å². The van der Waals surface area contributed by atoms with Crippen molar-refractivity contribution in [2.45, 2.75) is 51.9 Å². The quantitative estimate of drug-likeness (QED) is 0.155. The van der Waals surface area contributed by atoms with Crippen molar-refractivity contribution in [1.82, 2.24) is 0 Å². The molecule has 0 saturated carbocycles. The third-order valence-electron chi connectivity index (χ3n) is 5.88. The molecule has 4 rings (SSSR count). The fourth-order valence-corrected chi connectivity index (χ4v) is 4.34. The molecular weight excluding hydrogens is 410 g/mol. The summed E-state index contributed by atoms with van der Waals surface area (Å²) < 4.78 is 33.4. The Morgan fingerprint density at radius 1 is 0.742 bits per heavy atom. The Morgan fingerprint density at radius 3 is 2.19 bits per heavy atom. The minimum Gasteiger partial charge on any atom is -0.441 e. The summed E-state index contributed by atoms with van der Waals surface area (Å²) in [5.41, 5.74) is 3.32. The van der Waals surface area contributed by atoms with Crippen molar-refractivity contribution in [2.24, 2.45) is 0 Å². The molecule has 0 N–H and O–H groups in total. The Balaban J connectivity index is 1.56. The second-order valence-corrected chi connectivity index (χ2v) is 8.47. The van der Waals surface area contributed by atoms with Gasteiger partial charge in [0.05, 0.1) is 0 Å². The lowest BCUT2D eigenvalue weighted by atomic mass is 9.98. The normalized spacial score (nSPS) is 11.5. The molecule has 160 valence electrons. The second-order valence-electron chi connectivity index (χ2n) is 8.10. The van der Waals surface area contributed by atoms with Crippen LogP contribution in [0.25, 0.3) is 32.9 Å². The lowest BCUT2D eigenvalue weighted by Crippen LogP contribution is -1.89. The molecule has 31 heavy (non-hydrogen) atoms. The van der Waals surface area contributed by atoms with Crippen LogP contribution in [-0.4, -0.2) is 0 Å². The van der Waals surface area contributed by atoms with Gasteiger partial charge in [-0.1, -0.05) is 75.4 Å². The first-order valence-electron chi connectivity index (χ1n) is 11.0. The van der Waals surface area contributed by atoms with Crippen LogP contribution in [0, 0.1) is 16.3 Å². The summed E-state index contributed by atoms with van der Waals surface area (Å²) in [6, 6.07) is 17.1. The van der Waals surface area contributed by atoms with Gasteiger partial charge in [0.15, 0.2) is 16.1 Å². The van der Waals surface area contributed by atoms with E-state index in [1.807, 2.05) is 18.2 Å². The van der Waals surface area contributed by atoms with Gasteiger partial charge in [-0.3, -0.25) is 0 Å². The lowest BCUT2D eigenvalue weighted by Gasteiger charge is -2.09. The molecule has 0 bridgehead atoms. The van der Waals surface area contributed by atoms with Crippen LogP contribution in [0.2, 0.25) is 0 Å². The summed E-state index contributed by atoms with van der Waals surface area (Å²) >= 11 is 5.34. The first kappa shape index (κ1) is 21.6. The van der Waals surface area contributed by atoms with Crippen molar-refractivity contribution in [1.29, 1.82) is 0 Å². The molecule has 0 spiro atoms. The molecule has 0 saturated heterocycles. The Hall–Kier alpha value is -2.59. The predicted molar refractivity (Wildman–Crippen MR) is 127 cm³/mol. The molecule has 0 aliphatic rings. The van der Waals surface area contributed by atoms with E-state index in [4.69, 9.17) is 16.6 Å². The van der Waals surface area contributed by atoms with Crippen molar-refractivity contribution >= 4 is 34.0 Å². The van der Waals surface area contributed by atoms with E-state index in [9.17, 15) is 8.78 Å². The Morgan fingerprint density at radius 2 is 1.42 bits per heavy atom. The largest absolute Gasteiger partial charge is 0.441 e. The van der Waals surface area contributed by atoms with Crippen molar-refractivity contribution in [3.63, 3.8) is 0 Å². The molecule has 4 heteroatoms. The average Bonchev–Trinajstić information content (AvgIpc) is 2.79. The van der Waals surface area contributed by atoms with Crippen LogP contribution in [0.5, 0.6) is 0 Å². The SMILES string of the molecule is CCCCCCCCc1ccc(-c2ccc3c(c2)c(=S)oc2c(F)c(F)ccc23)cc1. The van der Waals surface area contributed by atoms with Crippen molar-refractivity contribution < 1.29 is 13.2 Å². The summed E-state index contributed by atoms with van der Waals surface area (Å²) in [4.78, 5) is 0. The van der Waals surface area contributed by atoms with Gasteiger partial charge >= 0.3 is 0 Å². The number of aryl methyl sites for hydroxylation is 1. The van der Waals surface area contributed by atoms with Crippen LogP contribution >= 0.6 is 12.2 Å². The Bertz CT molecular complexity index is 1260. The highest BCUT2D eigenvalue weighted by Gasteiger charge is 2.14. The monoisotopic (exact) mass is 436 g/mol. The minimum absolute atomic E-state index is 0.135. The molecule has 0 atom stereocenters. The molecule has 0 amide bonds. The second kappa shape index (κ2) is 9.69. The van der Waals surface area contributed by atoms with Gasteiger partial charge in [-0.05, 0) is 65.3 Å². The summed E-state index contributed by atoms with van der Waals surface area (Å²) in [7, 11) is 0. The summed E-state index contributed by atoms with van der Waals surface area (Å²) in [6.45, 7) is 2.24. The number of benzene rings is 3. The zero-order valence-electron chi connectivity index (χ0n) is 17.7. The van der Waals surface area contributed by atoms with Gasteiger partial charge in [0.25, 0.3) is 0 Å². The third kappa shape index (κ3) is 4.69. The van der Waals surface area contributed by atoms with E-state index >= 15 is 0 Å². The number of unbranched alkanes of at least 4 members (excludes halogenated alkanes) is 5. The van der Waals surface area contributed by atoms with Gasteiger partial charge in [-0.2, -0.15) is 4.39 Å². The van der Waals surface area contributed by atoms with Crippen molar-refractivity contribution in [3.8, 4) is 11.1 Å². The molecule has 0 unspecified atom stereocenters. The molecule has 3 aromatic carbocycles. The average molecular weight is 437 g/mol. The van der Waals surface area contributed by atoms with Crippen molar-refractivity contribution in [3.05, 3.63) is 76.5 Å². The zero-order chi connectivity index (χ0) is 21.8. The fraction of sp³-hybridized carbons (Fsp3) is 0.296. The zero-order valence-corrected chi connectivity index (χ0v) is 18.5. The number of halogens is 2. The molecule has 1 heterocycles. The Labute approximate surface area is 186 Å². The highest BCUT2D eigenvalue weighted by atomic mass is 32.1. The summed E-state index contributed by atoms with van der Waals surface area (Å²) in [5, 5.41) is 2.00. The van der Waals surface area contributed by atoms with Gasteiger partial charge in [-0.15, -0.1) is 0 Å². The van der Waals surface area contributed by atoms with Crippen molar-refractivity contribution in [2.75, 3.05) is 0 Å². The highest BCUT2D eigenvalue weighted by molar-refractivity contribution is 7.71. The third-order valence-corrected chi connectivity index (χ3v) is 6.18. The number of hydrogen-bond donors (Lipinski definition) is 0. The van der Waals surface area contributed by atoms with Crippen LogP contribution in [0.15, 0.2) is 59.0 Å². The maximum absolute atomic E-state index is 14.1. The van der Waals surface area contributed by atoms with Crippen LogP contribution in [0.1, 0.15) is 51.0 Å². The minimum atomic E-state index is -1.00. The summed E-state index contributed by atoms with van der Waals surface area (Å²) in [6.07, 6.45) is 8.89. The highest BCUT2D eigenvalue weighted by Crippen LogP contribution is 2.32. The molecule has 0 fully saturated rings. The van der Waals surface area contributed by atoms with Gasteiger partial charge in [0.1, 0.15) is 0 Å². The van der Waals surface area contributed by atoms with E-state index in [0.29, 0.717) is 5.39 Å². The number of rotatable bonds is 8. The standard InChI is InChI=1S/C27H26F2OS/c1-2-3-4-5-6-7-8-18-9-11-19(12-10-18)20-13-14-21-22-15-16-24(28)25(29)26(22)30-27(31)23(21)17-20/h9-17H,2-8H2,1H3. The molecule has 0 aliphatic carbocycles. The summed E-state index contributed by atoms with van der Waals surface area (Å²) in [5.74, 6) is -1.95. The van der Waals surface area contributed by atoms with Crippen LogP contribution in [0.3, 0.4) is 0 Å². The van der Waals surface area contributed by atoms with E-state index in [-0.39, 0.29) is 10.3 Å². The molecule has 1 aromatic heterocycles. The maximum atomic E-state index is 14.1. The number of fused-ring (bicyclic) bond motifs is 3. The van der Waals surface area contributed by atoms with Gasteiger partial charge < -0.3 is 4.42 Å². The smallest absolute Gasteiger partial charge is 0.201 e. The van der Waals surface area contributed by atoms with E-state index in [0.717, 1.165) is 34.4 Å². The Kier molecular flexibility index (Phi) is 6.77. The number of hydrogen-bond acceptors (Lipinski definition) is 2. The van der Waals surface area contributed by atoms with E-state index in [2.05, 4.69) is 31.2 Å². The van der Waals surface area contributed by atoms with Crippen LogP contribution in [0.4, 0.5) is 8.78 Å². The van der Waals surface area contributed by atoms with Gasteiger partial charge in [0, 0.05) is 10.8 Å². The first-order valence-corrected chi connectivity index (χ1v) is 11.4. The molecule has 4 aromatic rings. The molecule has 0 aliphatic heterocycles. The molecular formula is C27H26F2OS. The van der Waals surface area contributed by atoms with Gasteiger partial charge in [0.2, 0.25) is 5.82 Å². The first-order chi connectivity index (χ1) is 15.1. The maximum Gasteiger partial charge on any atom is 0.201 e. The van der Waals surface area contributed by atoms with Crippen LogP contribution < -0.4 is 0 Å². The topological polar surface area (TPSA) is 13.1 Å². The predicted octanol–water partition coefficient (Wildman–Crippen LogP) is 9.16. The van der Waals surface area contributed by atoms with E-state index in [1.54, 1.807) is 0 Å². The van der Waals surface area contributed by atoms with E-state index in [1.165, 1.54) is 50.2 Å². The fourth-order valence-electron chi connectivity index (χ4n) is 4.09. The molecule has 0 radical (unpaired) electrons. The van der Waals surface area contributed by atoms with E-state index < -0.39 is 11.6 Å². The lowest BCUT2D eigenvalue weighted by molar-refractivity contribution is 0.486.